The molecule has 0 radical (unpaired) electrons. The summed E-state index contributed by atoms with van der Waals surface area (Å²) in [5.74, 6) is 1.20. The Morgan fingerprint density at radius 3 is 2.81 bits per heavy atom. The van der Waals surface area contributed by atoms with E-state index in [0.29, 0.717) is 18.5 Å². The summed E-state index contributed by atoms with van der Waals surface area (Å²) in [5, 5.41) is 3.42. The highest BCUT2D eigenvalue weighted by molar-refractivity contribution is 5.80. The molecule has 3 rings (SSSR count). The second-order valence-electron chi connectivity index (χ2n) is 6.99. The van der Waals surface area contributed by atoms with Gasteiger partial charge in [0, 0.05) is 46.2 Å². The average molecular weight is 373 g/mol. The molecule has 146 valence electrons. The first kappa shape index (κ1) is 19.4. The highest BCUT2D eigenvalue weighted by atomic mass is 19.1. The van der Waals surface area contributed by atoms with Gasteiger partial charge in [0.05, 0.1) is 18.5 Å². The molecule has 1 aromatic heterocycles. The maximum absolute atomic E-state index is 13.2. The Bertz CT molecular complexity index is 731. The van der Waals surface area contributed by atoms with Gasteiger partial charge in [-0.15, -0.1) is 0 Å². The van der Waals surface area contributed by atoms with Crippen molar-refractivity contribution >= 4 is 5.96 Å². The maximum atomic E-state index is 13.2. The third-order valence-corrected chi connectivity index (χ3v) is 5.31. The van der Waals surface area contributed by atoms with Crippen molar-refractivity contribution in [3.8, 4) is 0 Å². The van der Waals surface area contributed by atoms with E-state index in [4.69, 9.17) is 4.74 Å². The molecule has 3 unspecified atom stereocenters. The van der Waals surface area contributed by atoms with E-state index >= 15 is 0 Å². The minimum Gasteiger partial charge on any atom is -0.375 e. The van der Waals surface area contributed by atoms with Gasteiger partial charge < -0.3 is 19.5 Å². The van der Waals surface area contributed by atoms with E-state index in [9.17, 15) is 4.39 Å². The van der Waals surface area contributed by atoms with Crippen LogP contribution in [0.1, 0.15) is 31.1 Å². The number of nitrogens with zero attached hydrogens (tertiary/aromatic N) is 4. The van der Waals surface area contributed by atoms with Crippen LogP contribution in [0.5, 0.6) is 0 Å². The van der Waals surface area contributed by atoms with Crippen molar-refractivity contribution in [3.63, 3.8) is 0 Å². The minimum absolute atomic E-state index is 0.171. The van der Waals surface area contributed by atoms with E-state index in [-0.39, 0.29) is 11.9 Å². The number of piperidine rings is 1. The van der Waals surface area contributed by atoms with E-state index in [2.05, 4.69) is 31.7 Å². The third-order valence-electron chi connectivity index (χ3n) is 5.31. The fourth-order valence-electron chi connectivity index (χ4n) is 3.63. The number of imidazole rings is 1. The van der Waals surface area contributed by atoms with E-state index in [1.807, 2.05) is 18.7 Å². The number of aliphatic imine (C=N–C) groups is 1. The van der Waals surface area contributed by atoms with Crippen molar-refractivity contribution in [1.29, 1.82) is 0 Å². The van der Waals surface area contributed by atoms with Crippen LogP contribution < -0.4 is 5.32 Å². The second-order valence-corrected chi connectivity index (χ2v) is 6.99. The van der Waals surface area contributed by atoms with Crippen molar-refractivity contribution in [2.45, 2.75) is 25.5 Å². The van der Waals surface area contributed by atoms with E-state index in [0.717, 1.165) is 31.0 Å². The van der Waals surface area contributed by atoms with Gasteiger partial charge in [0.1, 0.15) is 5.82 Å². The predicted octanol–water partition coefficient (Wildman–Crippen LogP) is 2.87. The Kier molecular flexibility index (Phi) is 6.45. The molecule has 7 heteroatoms. The lowest BCUT2D eigenvalue weighted by Crippen LogP contribution is -2.49. The van der Waals surface area contributed by atoms with Gasteiger partial charge in [0.15, 0.2) is 5.96 Å². The van der Waals surface area contributed by atoms with Crippen LogP contribution in [0.15, 0.2) is 48.0 Å². The van der Waals surface area contributed by atoms with Crippen LogP contribution in [0, 0.1) is 11.7 Å². The van der Waals surface area contributed by atoms with Gasteiger partial charge in [-0.1, -0.05) is 19.1 Å². The number of likely N-dealkylation sites (tertiary alicyclic amines) is 1. The Hall–Kier alpha value is -2.41. The molecule has 3 atom stereocenters. The maximum Gasteiger partial charge on any atom is 0.193 e. The molecule has 1 fully saturated rings. The number of methoxy groups -OCH3 is 1. The average Bonchev–Trinajstić information content (AvgIpc) is 3.22. The SMILES string of the molecule is CN=C(NCC(OC)c1ccc(F)cc1)N1CCC(C)C(n2ccnc2)C1. The van der Waals surface area contributed by atoms with Crippen molar-refractivity contribution in [1.82, 2.24) is 19.8 Å². The lowest BCUT2D eigenvalue weighted by Gasteiger charge is -2.39. The van der Waals surface area contributed by atoms with Crippen molar-refractivity contribution < 1.29 is 9.13 Å². The van der Waals surface area contributed by atoms with Gasteiger partial charge in [-0.05, 0) is 30.0 Å². The summed E-state index contributed by atoms with van der Waals surface area (Å²) < 4.78 is 20.9. The zero-order chi connectivity index (χ0) is 19.2. The highest BCUT2D eigenvalue weighted by Gasteiger charge is 2.29. The van der Waals surface area contributed by atoms with Crippen molar-refractivity contribution in [2.75, 3.05) is 33.8 Å². The van der Waals surface area contributed by atoms with Gasteiger partial charge in [-0.3, -0.25) is 4.99 Å². The number of ether oxygens (including phenoxy) is 1. The number of nitrogens with one attached hydrogen (secondary N) is 1. The Morgan fingerprint density at radius 2 is 2.19 bits per heavy atom. The Morgan fingerprint density at radius 1 is 1.41 bits per heavy atom. The molecule has 0 amide bonds. The molecule has 27 heavy (non-hydrogen) atoms. The van der Waals surface area contributed by atoms with Gasteiger partial charge in [-0.25, -0.2) is 9.37 Å². The summed E-state index contributed by atoms with van der Waals surface area (Å²) in [4.78, 5) is 10.9. The Labute approximate surface area is 160 Å². The molecule has 2 heterocycles. The first-order chi connectivity index (χ1) is 13.1. The highest BCUT2D eigenvalue weighted by Crippen LogP contribution is 2.27. The first-order valence-electron chi connectivity index (χ1n) is 9.33. The number of halogens is 1. The quantitative estimate of drug-likeness (QED) is 0.647. The number of benzene rings is 1. The molecule has 0 spiro atoms. The van der Waals surface area contributed by atoms with Crippen LogP contribution in [0.25, 0.3) is 0 Å². The monoisotopic (exact) mass is 373 g/mol. The van der Waals surface area contributed by atoms with Crippen LogP contribution >= 0.6 is 0 Å². The van der Waals surface area contributed by atoms with E-state index in [1.165, 1.54) is 12.1 Å². The van der Waals surface area contributed by atoms with Gasteiger partial charge in [0.2, 0.25) is 0 Å². The van der Waals surface area contributed by atoms with Crippen LogP contribution in [-0.4, -0.2) is 54.2 Å². The summed E-state index contributed by atoms with van der Waals surface area (Å²) in [5.41, 5.74) is 0.936. The summed E-state index contributed by atoms with van der Waals surface area (Å²) in [7, 11) is 3.46. The number of aromatic nitrogens is 2. The van der Waals surface area contributed by atoms with Crippen LogP contribution in [-0.2, 0) is 4.74 Å². The molecule has 1 aliphatic rings. The fraction of sp³-hybridized carbons (Fsp3) is 0.500. The zero-order valence-electron chi connectivity index (χ0n) is 16.2. The molecule has 0 bridgehead atoms. The molecule has 1 saturated heterocycles. The molecular weight excluding hydrogens is 345 g/mol. The van der Waals surface area contributed by atoms with Gasteiger partial charge in [0.25, 0.3) is 0 Å². The molecule has 1 aromatic carbocycles. The smallest absolute Gasteiger partial charge is 0.193 e. The predicted molar refractivity (Wildman–Crippen MR) is 104 cm³/mol. The normalized spacial score (nSPS) is 21.9. The summed E-state index contributed by atoms with van der Waals surface area (Å²) in [6, 6.07) is 6.79. The fourth-order valence-corrected chi connectivity index (χ4v) is 3.63. The van der Waals surface area contributed by atoms with E-state index in [1.54, 1.807) is 26.3 Å². The number of hydrogen-bond donors (Lipinski definition) is 1. The summed E-state index contributed by atoms with van der Waals surface area (Å²) >= 11 is 0. The molecule has 1 aliphatic heterocycles. The lowest BCUT2D eigenvalue weighted by atomic mass is 9.93. The number of rotatable bonds is 5. The van der Waals surface area contributed by atoms with Crippen molar-refractivity contribution in [2.24, 2.45) is 10.9 Å². The molecule has 6 nitrogen and oxygen atoms in total. The summed E-state index contributed by atoms with van der Waals surface area (Å²) in [6.07, 6.45) is 6.66. The Balaban J connectivity index is 1.63. The van der Waals surface area contributed by atoms with Gasteiger partial charge >= 0.3 is 0 Å². The first-order valence-corrected chi connectivity index (χ1v) is 9.33. The molecular formula is C20H28FN5O. The molecule has 2 aromatic rings. The van der Waals surface area contributed by atoms with Crippen LogP contribution in [0.2, 0.25) is 0 Å². The van der Waals surface area contributed by atoms with Gasteiger partial charge in [-0.2, -0.15) is 0 Å². The van der Waals surface area contributed by atoms with Crippen LogP contribution in [0.4, 0.5) is 4.39 Å². The second kappa shape index (κ2) is 8.99. The van der Waals surface area contributed by atoms with E-state index < -0.39 is 0 Å². The molecule has 0 saturated carbocycles. The minimum atomic E-state index is -0.245. The largest absolute Gasteiger partial charge is 0.375 e. The lowest BCUT2D eigenvalue weighted by molar-refractivity contribution is 0.105. The standard InChI is InChI=1S/C20H28FN5O/c1-15-8-10-25(13-18(15)26-11-9-23-14-26)20(22-2)24-12-19(27-3)16-4-6-17(21)7-5-16/h4-7,9,11,14-15,18-19H,8,10,12-13H2,1-3H3,(H,22,24). The van der Waals surface area contributed by atoms with Crippen LogP contribution in [0.3, 0.4) is 0 Å². The summed E-state index contributed by atoms with van der Waals surface area (Å²) in [6.45, 7) is 4.69. The molecule has 0 aliphatic carbocycles. The third kappa shape index (κ3) is 4.66. The number of guanidine groups is 1. The topological polar surface area (TPSA) is 54.7 Å². The zero-order valence-corrected chi connectivity index (χ0v) is 16.2. The molecule has 1 N–H and O–H groups in total. The van der Waals surface area contributed by atoms with Crippen molar-refractivity contribution in [3.05, 3.63) is 54.4 Å². The number of hydrogen-bond acceptors (Lipinski definition) is 3.